The zero-order valence-corrected chi connectivity index (χ0v) is 14.9. The Bertz CT molecular complexity index is 957. The summed E-state index contributed by atoms with van der Waals surface area (Å²) in [6.07, 6.45) is 0. The lowest BCUT2D eigenvalue weighted by atomic mass is 9.99. The van der Waals surface area contributed by atoms with Crippen molar-refractivity contribution in [2.24, 2.45) is 0 Å². The average molecular weight is 362 g/mol. The molecule has 3 rings (SSSR count). The van der Waals surface area contributed by atoms with E-state index in [4.69, 9.17) is 0 Å². The highest BCUT2D eigenvalue weighted by Gasteiger charge is 2.18. The van der Waals surface area contributed by atoms with Crippen LogP contribution in [-0.4, -0.2) is 30.3 Å². The number of amides is 2. The minimum absolute atomic E-state index is 0.140. The highest BCUT2D eigenvalue weighted by atomic mass is 19.1. The number of anilines is 1. The van der Waals surface area contributed by atoms with Crippen LogP contribution in [0.5, 0.6) is 0 Å². The molecule has 0 bridgehead atoms. The maximum absolute atomic E-state index is 13.2. The summed E-state index contributed by atoms with van der Waals surface area (Å²) in [5.41, 5.74) is 2.61. The minimum Gasteiger partial charge on any atom is -0.332 e. The predicted molar refractivity (Wildman–Crippen MR) is 104 cm³/mol. The molecule has 0 heterocycles. The van der Waals surface area contributed by atoms with Crippen molar-refractivity contribution in [2.75, 3.05) is 18.9 Å². The van der Waals surface area contributed by atoms with Gasteiger partial charge in [-0.15, -0.1) is 0 Å². The fraction of sp³-hybridized carbons (Fsp3) is 0.0909. The number of halogens is 1. The first-order valence-corrected chi connectivity index (χ1v) is 8.50. The Morgan fingerprint density at radius 3 is 2.37 bits per heavy atom. The Hall–Kier alpha value is -3.47. The van der Waals surface area contributed by atoms with E-state index in [2.05, 4.69) is 5.32 Å². The largest absolute Gasteiger partial charge is 0.332 e. The van der Waals surface area contributed by atoms with Crippen molar-refractivity contribution in [3.05, 3.63) is 90.2 Å². The second-order valence-corrected chi connectivity index (χ2v) is 6.13. The number of nitrogens with one attached hydrogen (secondary N) is 1. The highest BCUT2D eigenvalue weighted by Crippen LogP contribution is 2.24. The maximum Gasteiger partial charge on any atom is 0.254 e. The molecule has 27 heavy (non-hydrogen) atoms. The first-order chi connectivity index (χ1) is 13.0. The van der Waals surface area contributed by atoms with Gasteiger partial charge in [0.15, 0.2) is 0 Å². The summed E-state index contributed by atoms with van der Waals surface area (Å²) in [6.45, 7) is -0.140. The summed E-state index contributed by atoms with van der Waals surface area (Å²) in [5.74, 6) is -1.09. The van der Waals surface area contributed by atoms with Gasteiger partial charge >= 0.3 is 0 Å². The Balaban J connectivity index is 1.73. The van der Waals surface area contributed by atoms with Crippen LogP contribution in [0.1, 0.15) is 10.4 Å². The third-order valence-corrected chi connectivity index (χ3v) is 4.08. The van der Waals surface area contributed by atoms with Gasteiger partial charge < -0.3 is 10.2 Å². The molecule has 0 saturated heterocycles. The van der Waals surface area contributed by atoms with Gasteiger partial charge in [-0.25, -0.2) is 4.39 Å². The monoisotopic (exact) mass is 362 g/mol. The van der Waals surface area contributed by atoms with E-state index in [1.54, 1.807) is 25.2 Å². The number of carbonyl (C=O) groups excluding carboxylic acids is 2. The fourth-order valence-corrected chi connectivity index (χ4v) is 2.80. The van der Waals surface area contributed by atoms with E-state index in [-0.39, 0.29) is 12.5 Å². The molecule has 5 heteroatoms. The fourth-order valence-electron chi connectivity index (χ4n) is 2.80. The zero-order valence-electron chi connectivity index (χ0n) is 14.9. The number of carbonyl (C=O) groups is 2. The molecule has 3 aromatic rings. The van der Waals surface area contributed by atoms with Crippen molar-refractivity contribution in [2.45, 2.75) is 0 Å². The molecule has 0 spiro atoms. The zero-order chi connectivity index (χ0) is 19.2. The van der Waals surface area contributed by atoms with Gasteiger partial charge in [0.2, 0.25) is 5.91 Å². The van der Waals surface area contributed by atoms with E-state index >= 15 is 0 Å². The molecule has 0 aliphatic carbocycles. The van der Waals surface area contributed by atoms with E-state index in [0.717, 1.165) is 11.1 Å². The predicted octanol–water partition coefficient (Wildman–Crippen LogP) is 4.20. The molecule has 2 amide bonds. The molecule has 0 radical (unpaired) electrons. The second-order valence-electron chi connectivity index (χ2n) is 6.13. The van der Waals surface area contributed by atoms with Gasteiger partial charge in [0.05, 0.1) is 6.54 Å². The van der Waals surface area contributed by atoms with Crippen LogP contribution >= 0.6 is 0 Å². The van der Waals surface area contributed by atoms with Crippen LogP contribution in [0.25, 0.3) is 11.1 Å². The summed E-state index contributed by atoms with van der Waals surface area (Å²) < 4.78 is 13.2. The van der Waals surface area contributed by atoms with Crippen LogP contribution in [0, 0.1) is 5.82 Å². The molecule has 0 atom stereocenters. The molecular weight excluding hydrogens is 343 g/mol. The third kappa shape index (κ3) is 4.58. The third-order valence-electron chi connectivity index (χ3n) is 4.08. The normalized spacial score (nSPS) is 10.3. The van der Waals surface area contributed by atoms with E-state index in [1.165, 1.54) is 23.1 Å². The molecule has 0 saturated carbocycles. The second kappa shape index (κ2) is 8.27. The summed E-state index contributed by atoms with van der Waals surface area (Å²) in [6, 6.07) is 22.5. The standard InChI is InChI=1S/C22H19FN2O2/c1-25(15-21(26)24-18-11-7-10-17(23)14-18)22(27)20-13-6-5-12-19(20)16-8-3-2-4-9-16/h2-14H,15H2,1H3,(H,24,26). The lowest BCUT2D eigenvalue weighted by Crippen LogP contribution is -2.35. The Morgan fingerprint density at radius 1 is 0.926 bits per heavy atom. The van der Waals surface area contributed by atoms with Gasteiger partial charge in [0, 0.05) is 18.3 Å². The van der Waals surface area contributed by atoms with Gasteiger partial charge in [0.25, 0.3) is 5.91 Å². The van der Waals surface area contributed by atoms with Crippen LogP contribution in [0.15, 0.2) is 78.9 Å². The molecule has 136 valence electrons. The van der Waals surface area contributed by atoms with Crippen LogP contribution < -0.4 is 5.32 Å². The summed E-state index contributed by atoms with van der Waals surface area (Å²) in [7, 11) is 1.56. The number of rotatable bonds is 5. The minimum atomic E-state index is -0.436. The number of hydrogen-bond donors (Lipinski definition) is 1. The van der Waals surface area contributed by atoms with Crippen LogP contribution in [0.4, 0.5) is 10.1 Å². The Morgan fingerprint density at radius 2 is 1.63 bits per heavy atom. The molecule has 0 unspecified atom stereocenters. The maximum atomic E-state index is 13.2. The van der Waals surface area contributed by atoms with Crippen LogP contribution in [0.3, 0.4) is 0 Å². The van der Waals surface area contributed by atoms with Gasteiger partial charge in [-0.05, 0) is 35.4 Å². The SMILES string of the molecule is CN(CC(=O)Nc1cccc(F)c1)C(=O)c1ccccc1-c1ccccc1. The summed E-state index contributed by atoms with van der Waals surface area (Å²) in [4.78, 5) is 26.4. The van der Waals surface area contributed by atoms with Gasteiger partial charge in [-0.2, -0.15) is 0 Å². The van der Waals surface area contributed by atoms with E-state index < -0.39 is 11.7 Å². The average Bonchev–Trinajstić information content (AvgIpc) is 2.68. The quantitative estimate of drug-likeness (QED) is 0.739. The van der Waals surface area contributed by atoms with Gasteiger partial charge in [0.1, 0.15) is 5.82 Å². The van der Waals surface area contributed by atoms with Crippen molar-refractivity contribution in [1.82, 2.24) is 4.90 Å². The number of hydrogen-bond acceptors (Lipinski definition) is 2. The molecule has 0 fully saturated rings. The van der Waals surface area contributed by atoms with Crippen molar-refractivity contribution < 1.29 is 14.0 Å². The van der Waals surface area contributed by atoms with E-state index in [0.29, 0.717) is 11.3 Å². The number of likely N-dealkylation sites (N-methyl/N-ethyl adjacent to an activating group) is 1. The molecule has 0 aliphatic heterocycles. The lowest BCUT2D eigenvalue weighted by molar-refractivity contribution is -0.116. The Kier molecular flexibility index (Phi) is 5.61. The Labute approximate surface area is 157 Å². The van der Waals surface area contributed by atoms with Gasteiger partial charge in [-0.3, -0.25) is 9.59 Å². The number of nitrogens with zero attached hydrogens (tertiary/aromatic N) is 1. The summed E-state index contributed by atoms with van der Waals surface area (Å²) in [5, 5.41) is 2.59. The molecule has 0 aromatic heterocycles. The molecular formula is C22H19FN2O2. The van der Waals surface area contributed by atoms with Crippen molar-refractivity contribution in [1.29, 1.82) is 0 Å². The van der Waals surface area contributed by atoms with E-state index in [9.17, 15) is 14.0 Å². The first kappa shape index (κ1) is 18.3. The van der Waals surface area contributed by atoms with Gasteiger partial charge in [-0.1, -0.05) is 54.6 Å². The smallest absolute Gasteiger partial charge is 0.254 e. The van der Waals surface area contributed by atoms with E-state index in [1.807, 2.05) is 42.5 Å². The molecule has 4 nitrogen and oxygen atoms in total. The lowest BCUT2D eigenvalue weighted by Gasteiger charge is -2.19. The molecule has 1 N–H and O–H groups in total. The van der Waals surface area contributed by atoms with Crippen molar-refractivity contribution in [3.63, 3.8) is 0 Å². The summed E-state index contributed by atoms with van der Waals surface area (Å²) >= 11 is 0. The molecule has 3 aromatic carbocycles. The number of benzene rings is 3. The van der Waals surface area contributed by atoms with Crippen molar-refractivity contribution in [3.8, 4) is 11.1 Å². The molecule has 0 aliphatic rings. The highest BCUT2D eigenvalue weighted by molar-refractivity contribution is 6.03. The van der Waals surface area contributed by atoms with Crippen molar-refractivity contribution >= 4 is 17.5 Å². The topological polar surface area (TPSA) is 49.4 Å². The first-order valence-electron chi connectivity index (χ1n) is 8.50. The van der Waals surface area contributed by atoms with Crippen LogP contribution in [-0.2, 0) is 4.79 Å². The van der Waals surface area contributed by atoms with Crippen LogP contribution in [0.2, 0.25) is 0 Å².